The molecule has 1 aliphatic heterocycles. The van der Waals surface area contributed by atoms with Crippen LogP contribution in [0.25, 0.3) is 0 Å². The topological polar surface area (TPSA) is 95.2 Å². The minimum atomic E-state index is -4.56. The molecule has 0 aliphatic carbocycles. The van der Waals surface area contributed by atoms with E-state index in [1.165, 1.54) is 20.3 Å². The summed E-state index contributed by atoms with van der Waals surface area (Å²) < 4.78 is 54.9. The van der Waals surface area contributed by atoms with Gasteiger partial charge in [-0.1, -0.05) is 6.07 Å². The van der Waals surface area contributed by atoms with Gasteiger partial charge in [-0.3, -0.25) is 9.48 Å². The molecule has 2 N–H and O–H groups in total. The smallest absolute Gasteiger partial charge is 0.410 e. The molecular formula is C22H25F3N6O3. The zero-order valence-electron chi connectivity index (χ0n) is 19.1. The Kier molecular flexibility index (Phi) is 6.15. The van der Waals surface area contributed by atoms with Gasteiger partial charge in [0.05, 0.1) is 26.5 Å². The molecule has 4 rings (SSSR count). The third-order valence-electron chi connectivity index (χ3n) is 6.01. The van der Waals surface area contributed by atoms with Gasteiger partial charge in [0.2, 0.25) is 0 Å². The van der Waals surface area contributed by atoms with Crippen LogP contribution in [0.3, 0.4) is 0 Å². The number of amides is 1. The Hall–Kier alpha value is -3.70. The predicted molar refractivity (Wildman–Crippen MR) is 117 cm³/mol. The van der Waals surface area contributed by atoms with Gasteiger partial charge >= 0.3 is 6.18 Å². The molecule has 0 saturated carbocycles. The number of anilines is 1. The number of carbonyl (C=O) groups is 1. The molecule has 0 fully saturated rings. The van der Waals surface area contributed by atoms with Crippen LogP contribution in [0.4, 0.5) is 19.0 Å². The molecule has 0 bridgehead atoms. The van der Waals surface area contributed by atoms with Crippen molar-refractivity contribution in [1.82, 2.24) is 24.9 Å². The molecule has 34 heavy (non-hydrogen) atoms. The van der Waals surface area contributed by atoms with Crippen LogP contribution in [-0.4, -0.2) is 45.9 Å². The second kappa shape index (κ2) is 8.92. The Labute approximate surface area is 193 Å². The van der Waals surface area contributed by atoms with Gasteiger partial charge in [-0.25, -0.2) is 4.68 Å². The Morgan fingerprint density at radius 3 is 2.59 bits per heavy atom. The average molecular weight is 478 g/mol. The molecule has 182 valence electrons. The summed E-state index contributed by atoms with van der Waals surface area (Å²) in [6.45, 7) is 2.04. The predicted octanol–water partition coefficient (Wildman–Crippen LogP) is 3.53. The number of fused-ring (bicyclic) bond motifs is 1. The first-order chi connectivity index (χ1) is 16.1. The van der Waals surface area contributed by atoms with Crippen molar-refractivity contribution in [3.8, 4) is 11.5 Å². The lowest BCUT2D eigenvalue weighted by Gasteiger charge is -2.33. The van der Waals surface area contributed by atoms with Crippen molar-refractivity contribution in [2.75, 3.05) is 19.5 Å². The number of ether oxygens (including phenoxy) is 2. The third-order valence-corrected chi connectivity index (χ3v) is 6.01. The Morgan fingerprint density at radius 2 is 1.97 bits per heavy atom. The third kappa shape index (κ3) is 4.39. The van der Waals surface area contributed by atoms with Crippen LogP contribution in [0.5, 0.6) is 11.5 Å². The number of hydrogen-bond acceptors (Lipinski definition) is 6. The molecule has 1 amide bonds. The van der Waals surface area contributed by atoms with Crippen molar-refractivity contribution in [2.45, 2.75) is 38.1 Å². The zero-order valence-corrected chi connectivity index (χ0v) is 19.1. The summed E-state index contributed by atoms with van der Waals surface area (Å²) in [4.78, 5) is 12.7. The fraction of sp³-hybridized carbons (Fsp3) is 0.409. The Balaban J connectivity index is 1.60. The number of methoxy groups -OCH3 is 2. The van der Waals surface area contributed by atoms with Crippen LogP contribution in [0.2, 0.25) is 0 Å². The monoisotopic (exact) mass is 478 g/mol. The number of hydrogen-bond donors (Lipinski definition) is 2. The van der Waals surface area contributed by atoms with Crippen molar-refractivity contribution in [3.63, 3.8) is 0 Å². The van der Waals surface area contributed by atoms with Crippen LogP contribution in [-0.2, 0) is 13.6 Å². The van der Waals surface area contributed by atoms with Gasteiger partial charge in [-0.15, -0.1) is 0 Å². The highest BCUT2D eigenvalue weighted by molar-refractivity contribution is 5.93. The minimum Gasteiger partial charge on any atom is -0.493 e. The number of halogens is 3. The first-order valence-corrected chi connectivity index (χ1v) is 10.5. The summed E-state index contributed by atoms with van der Waals surface area (Å²) in [5.41, 5.74) is 2.17. The van der Waals surface area contributed by atoms with Gasteiger partial charge in [-0.2, -0.15) is 23.4 Å². The molecule has 2 aromatic heterocycles. The number of nitrogens with one attached hydrogen (secondary N) is 2. The van der Waals surface area contributed by atoms with Gasteiger partial charge in [0.15, 0.2) is 23.2 Å². The quantitative estimate of drug-likeness (QED) is 0.563. The summed E-state index contributed by atoms with van der Waals surface area (Å²) >= 11 is 0. The van der Waals surface area contributed by atoms with Crippen LogP contribution in [0.1, 0.15) is 45.8 Å². The highest BCUT2D eigenvalue weighted by Crippen LogP contribution is 2.44. The number of rotatable bonds is 6. The summed E-state index contributed by atoms with van der Waals surface area (Å²) in [6, 6.07) is 3.72. The van der Waals surface area contributed by atoms with Gasteiger partial charge in [0.25, 0.3) is 5.91 Å². The van der Waals surface area contributed by atoms with Gasteiger partial charge in [-0.05, 0) is 24.6 Å². The summed E-state index contributed by atoms with van der Waals surface area (Å²) in [6.07, 6.45) is -3.23. The number of aromatic nitrogens is 4. The van der Waals surface area contributed by atoms with E-state index in [0.29, 0.717) is 17.1 Å². The first-order valence-electron chi connectivity index (χ1n) is 10.5. The summed E-state index contributed by atoms with van der Waals surface area (Å²) in [5, 5.41) is 13.9. The van der Waals surface area contributed by atoms with E-state index in [4.69, 9.17) is 9.47 Å². The van der Waals surface area contributed by atoms with Gasteiger partial charge in [0, 0.05) is 37.3 Å². The molecule has 3 heterocycles. The van der Waals surface area contributed by atoms with Crippen molar-refractivity contribution >= 4 is 11.7 Å². The van der Waals surface area contributed by atoms with Crippen LogP contribution >= 0.6 is 0 Å². The normalized spacial score (nSPS) is 17.6. The highest BCUT2D eigenvalue weighted by atomic mass is 19.4. The van der Waals surface area contributed by atoms with Crippen molar-refractivity contribution < 1.29 is 27.4 Å². The zero-order chi connectivity index (χ0) is 24.6. The van der Waals surface area contributed by atoms with Crippen molar-refractivity contribution in [2.24, 2.45) is 7.05 Å². The lowest BCUT2D eigenvalue weighted by molar-refractivity contribution is -0.173. The second-order valence-corrected chi connectivity index (χ2v) is 8.03. The molecule has 1 aliphatic rings. The van der Waals surface area contributed by atoms with Gasteiger partial charge in [0.1, 0.15) is 5.82 Å². The van der Waals surface area contributed by atoms with Crippen molar-refractivity contribution in [1.29, 1.82) is 0 Å². The van der Waals surface area contributed by atoms with E-state index in [-0.39, 0.29) is 24.5 Å². The largest absolute Gasteiger partial charge is 0.493 e. The van der Waals surface area contributed by atoms with Crippen molar-refractivity contribution in [3.05, 3.63) is 53.0 Å². The van der Waals surface area contributed by atoms with Crippen LogP contribution in [0.15, 0.2) is 30.5 Å². The highest BCUT2D eigenvalue weighted by Gasteiger charge is 2.47. The molecular weight excluding hydrogens is 453 g/mol. The maximum atomic E-state index is 14.0. The fourth-order valence-corrected chi connectivity index (χ4v) is 3.96. The Morgan fingerprint density at radius 1 is 1.24 bits per heavy atom. The summed E-state index contributed by atoms with van der Waals surface area (Å²) in [7, 11) is 4.72. The van der Waals surface area contributed by atoms with E-state index in [1.807, 2.05) is 6.92 Å². The number of carbonyl (C=O) groups excluding carboxylic acids is 1. The molecule has 1 aromatic carbocycles. The molecule has 3 aromatic rings. The first kappa shape index (κ1) is 23.5. The van der Waals surface area contributed by atoms with Crippen LogP contribution < -0.4 is 20.1 Å². The lowest BCUT2D eigenvalue weighted by atomic mass is 9.96. The maximum Gasteiger partial charge on any atom is 0.410 e. The van der Waals surface area contributed by atoms with E-state index in [1.54, 1.807) is 36.1 Å². The number of alkyl halides is 3. The Bertz CT molecular complexity index is 1200. The minimum absolute atomic E-state index is 0.105. The molecule has 0 unspecified atom stereocenters. The molecule has 2 atom stereocenters. The van der Waals surface area contributed by atoms with Crippen LogP contribution in [0, 0.1) is 6.92 Å². The van der Waals surface area contributed by atoms with E-state index < -0.39 is 24.2 Å². The van der Waals surface area contributed by atoms with E-state index >= 15 is 0 Å². The van der Waals surface area contributed by atoms with E-state index in [9.17, 15) is 18.0 Å². The second-order valence-electron chi connectivity index (χ2n) is 8.03. The molecule has 0 radical (unpaired) electrons. The molecule has 12 heteroatoms. The molecule has 0 saturated heterocycles. The number of aryl methyl sites for hydroxylation is 1. The summed E-state index contributed by atoms with van der Waals surface area (Å²) in [5.74, 6) is 0.420. The fourth-order valence-electron chi connectivity index (χ4n) is 3.96. The average Bonchev–Trinajstić information content (AvgIpc) is 3.39. The van der Waals surface area contributed by atoms with Gasteiger partial charge < -0.3 is 20.1 Å². The molecule has 0 spiro atoms. The molecule has 9 nitrogen and oxygen atoms in total. The number of benzene rings is 1. The lowest BCUT2D eigenvalue weighted by Crippen LogP contribution is -2.35. The van der Waals surface area contributed by atoms with E-state index in [2.05, 4.69) is 20.8 Å². The number of nitrogens with zero attached hydrogens (tertiary/aromatic N) is 4. The maximum absolute atomic E-state index is 14.0. The van der Waals surface area contributed by atoms with E-state index in [0.717, 1.165) is 15.9 Å². The standard InChI is InChI=1S/C22H25F3N6O3/c1-12-14(11-27-30(12)2)10-26-21(32)16-9-20-28-15(8-19(22(23,24)25)31(20)29-16)13-5-6-17(33-3)18(7-13)34-4/h5-7,9,11,15,19,28H,8,10H2,1-4H3,(H,26,32)/t15-,19+/m1/s1. The SMILES string of the molecule is COc1ccc([C@H]2C[C@@H](C(F)(F)F)n3nc(C(=O)NCc4cnn(C)c4C)cc3N2)cc1OC.